The zero-order chi connectivity index (χ0) is 0. The number of hydrogen-bond donors (Lipinski definition) is 2. The predicted molar refractivity (Wildman–Crippen MR) is 43.7 cm³/mol. The molecule has 0 aromatic rings. The van der Waals surface area contributed by atoms with Gasteiger partial charge in [0.05, 0.1) is 0 Å². The Balaban J connectivity index is 0. The minimum absolute atomic E-state index is 0. The molecule has 0 atom stereocenters. The van der Waals surface area contributed by atoms with Crippen LogP contribution in [0.4, 0.5) is 0 Å². The summed E-state index contributed by atoms with van der Waals surface area (Å²) in [4.78, 5) is 0. The Morgan fingerprint density at radius 3 is 0.375 bits per heavy atom. The van der Waals surface area contributed by atoms with Crippen molar-refractivity contribution in [2.75, 3.05) is 0 Å². The second-order valence-corrected chi connectivity index (χ2v) is 0. The maximum absolute atomic E-state index is 0. The molecule has 0 aliphatic rings. The van der Waals surface area contributed by atoms with E-state index < -0.39 is 0 Å². The second kappa shape index (κ2) is 378. The summed E-state index contributed by atoms with van der Waals surface area (Å²) in [5.41, 5.74) is 0. The zero-order valence-electron chi connectivity index (χ0n) is 1.99. The Hall–Kier alpha value is 1.02. The minimum Gasteiger partial charge on any atom is -0.344 e. The molecular formula is C5H26N2Y. The van der Waals surface area contributed by atoms with Crippen LogP contribution in [-0.4, -0.2) is 0 Å². The van der Waals surface area contributed by atoms with E-state index in [1.165, 1.54) is 0 Å². The van der Waals surface area contributed by atoms with Crippen LogP contribution in [-0.2, 0) is 32.7 Å². The molecule has 0 rings (SSSR count). The van der Waals surface area contributed by atoms with Gasteiger partial charge >= 0.3 is 0 Å². The smallest absolute Gasteiger partial charge is 0 e. The quantitative estimate of drug-likeness (QED) is 0.632. The molecule has 0 heterocycles. The molecule has 2 nitrogen and oxygen atoms in total. The Labute approximate surface area is 81.9 Å². The summed E-state index contributed by atoms with van der Waals surface area (Å²) in [6.45, 7) is 0. The van der Waals surface area contributed by atoms with E-state index in [0.717, 1.165) is 0 Å². The van der Waals surface area contributed by atoms with Gasteiger partial charge < -0.3 is 12.3 Å². The molecule has 0 aromatic heterocycles. The molecule has 0 aliphatic heterocycles. The van der Waals surface area contributed by atoms with Gasteiger partial charge in [0.25, 0.3) is 0 Å². The van der Waals surface area contributed by atoms with Gasteiger partial charge in [-0.3, -0.25) is 0 Å². The van der Waals surface area contributed by atoms with Crippen LogP contribution in [0.25, 0.3) is 0 Å². The first-order valence-electron chi connectivity index (χ1n) is 0. The predicted octanol–water partition coefficient (Wildman–Crippen LogP) is 3.50. The summed E-state index contributed by atoms with van der Waals surface area (Å²) < 4.78 is 0. The zero-order valence-corrected chi connectivity index (χ0v) is 4.83. The molecule has 59 valence electrons. The molecule has 0 bridgehead atoms. The van der Waals surface area contributed by atoms with E-state index in [-0.39, 0.29) is 82.1 Å². The van der Waals surface area contributed by atoms with Gasteiger partial charge in [0.1, 0.15) is 0 Å². The van der Waals surface area contributed by atoms with Crippen molar-refractivity contribution in [3.63, 3.8) is 0 Å². The van der Waals surface area contributed by atoms with Crippen molar-refractivity contribution >= 4 is 0 Å². The summed E-state index contributed by atoms with van der Waals surface area (Å²) in [7, 11) is 0. The Kier molecular flexibility index (Phi) is 26200. The average molecular weight is 203 g/mol. The van der Waals surface area contributed by atoms with Crippen molar-refractivity contribution in [1.29, 1.82) is 0 Å². The topological polar surface area (TPSA) is 70.0 Å². The van der Waals surface area contributed by atoms with Crippen LogP contribution in [0.1, 0.15) is 37.1 Å². The summed E-state index contributed by atoms with van der Waals surface area (Å²) in [5.74, 6) is 0. The fourth-order valence-electron chi connectivity index (χ4n) is 0. The number of hydrogen-bond acceptors (Lipinski definition) is 2. The molecule has 0 spiro atoms. The fraction of sp³-hybridized carbons (Fsp3) is 1.00. The monoisotopic (exact) mass is 203 g/mol. The maximum atomic E-state index is 0. The van der Waals surface area contributed by atoms with Gasteiger partial charge in [-0.05, 0) is 0 Å². The third-order valence-corrected chi connectivity index (χ3v) is 0. The summed E-state index contributed by atoms with van der Waals surface area (Å²) >= 11 is 0. The molecule has 0 aromatic carbocycles. The van der Waals surface area contributed by atoms with Gasteiger partial charge in [-0.2, -0.15) is 0 Å². The van der Waals surface area contributed by atoms with Crippen LogP contribution >= 0.6 is 0 Å². The molecule has 0 saturated heterocycles. The van der Waals surface area contributed by atoms with Gasteiger partial charge in [-0.1, -0.05) is 37.1 Å². The molecule has 0 amide bonds. The first kappa shape index (κ1) is 554. The van der Waals surface area contributed by atoms with Gasteiger partial charge in [0, 0.05) is 32.7 Å². The Bertz CT molecular complexity index is 10.4. The van der Waals surface area contributed by atoms with E-state index in [2.05, 4.69) is 0 Å². The fourth-order valence-corrected chi connectivity index (χ4v) is 0. The van der Waals surface area contributed by atoms with Crippen molar-refractivity contribution in [3.05, 3.63) is 0 Å². The Morgan fingerprint density at radius 1 is 0.375 bits per heavy atom. The van der Waals surface area contributed by atoms with E-state index >= 15 is 0 Å². The van der Waals surface area contributed by atoms with Gasteiger partial charge in [-0.15, -0.1) is 0 Å². The molecule has 0 unspecified atom stereocenters. The second-order valence-electron chi connectivity index (χ2n) is 0. The molecule has 8 heavy (non-hydrogen) atoms. The molecule has 1 radical (unpaired) electrons. The molecule has 3 heteroatoms. The van der Waals surface area contributed by atoms with Crippen molar-refractivity contribution < 1.29 is 32.7 Å². The van der Waals surface area contributed by atoms with Gasteiger partial charge in [0.2, 0.25) is 0 Å². The van der Waals surface area contributed by atoms with Gasteiger partial charge in [-0.25, -0.2) is 0 Å². The third-order valence-electron chi connectivity index (χ3n) is 0. The van der Waals surface area contributed by atoms with Crippen LogP contribution in [0.5, 0.6) is 0 Å². The minimum atomic E-state index is 0. The van der Waals surface area contributed by atoms with Crippen LogP contribution < -0.4 is 12.3 Å². The number of rotatable bonds is 0. The van der Waals surface area contributed by atoms with Crippen molar-refractivity contribution in [2.45, 2.75) is 37.1 Å². The van der Waals surface area contributed by atoms with E-state index in [9.17, 15) is 0 Å². The van der Waals surface area contributed by atoms with Crippen molar-refractivity contribution in [3.8, 4) is 0 Å². The van der Waals surface area contributed by atoms with Crippen LogP contribution in [0.3, 0.4) is 0 Å². The van der Waals surface area contributed by atoms with E-state index in [4.69, 9.17) is 0 Å². The first-order chi connectivity index (χ1) is 0. The van der Waals surface area contributed by atoms with Gasteiger partial charge in [0.15, 0.2) is 0 Å². The first-order valence-corrected chi connectivity index (χ1v) is 0. The maximum Gasteiger partial charge on any atom is 0 e. The summed E-state index contributed by atoms with van der Waals surface area (Å²) in [6.07, 6.45) is 0. The van der Waals surface area contributed by atoms with Crippen LogP contribution in [0.2, 0.25) is 0 Å². The van der Waals surface area contributed by atoms with Crippen LogP contribution in [0.15, 0.2) is 0 Å². The SMILES string of the molecule is C.C.C.C.C.N.N.[Y]. The van der Waals surface area contributed by atoms with E-state index in [1.54, 1.807) is 0 Å². The Morgan fingerprint density at radius 2 is 0.375 bits per heavy atom. The third kappa shape index (κ3) is 243. The molecule has 0 saturated carbocycles. The average Bonchev–Trinajstić information content (AvgIpc) is 0. The van der Waals surface area contributed by atoms with E-state index in [1.807, 2.05) is 0 Å². The standard InChI is InChI=1S/5CH4.2H3N.Y/h5*1H4;2*1H3;. The largest absolute Gasteiger partial charge is 0.344 e. The molecule has 0 fully saturated rings. The van der Waals surface area contributed by atoms with Crippen LogP contribution in [0, 0.1) is 0 Å². The normalized spacial score (nSPS) is 0. The molecular weight excluding hydrogens is 177 g/mol. The summed E-state index contributed by atoms with van der Waals surface area (Å²) in [6, 6.07) is 0. The summed E-state index contributed by atoms with van der Waals surface area (Å²) in [5, 5.41) is 0. The van der Waals surface area contributed by atoms with Crippen molar-refractivity contribution in [1.82, 2.24) is 12.3 Å². The molecule has 6 N–H and O–H groups in total. The van der Waals surface area contributed by atoms with Crippen molar-refractivity contribution in [2.24, 2.45) is 0 Å². The molecule has 0 aliphatic carbocycles. The van der Waals surface area contributed by atoms with E-state index in [0.29, 0.717) is 0 Å².